The van der Waals surface area contributed by atoms with Gasteiger partial charge in [-0.25, -0.2) is 4.79 Å². The number of hydrogen-bond acceptors (Lipinski definition) is 3. The van der Waals surface area contributed by atoms with E-state index in [4.69, 9.17) is 4.74 Å². The molecule has 118 valence electrons. The normalized spacial score (nSPS) is 9.18. The van der Waals surface area contributed by atoms with Crippen molar-refractivity contribution in [1.82, 2.24) is 6.15 Å². The second-order valence-corrected chi connectivity index (χ2v) is 4.56. The number of carbonyl (C=O) groups is 1. The summed E-state index contributed by atoms with van der Waals surface area (Å²) in [6.07, 6.45) is 1.99. The number of hydrogen-bond donors (Lipinski definition) is 1. The predicted octanol–water partition coefficient (Wildman–Crippen LogP) is 4.90. The van der Waals surface area contributed by atoms with Gasteiger partial charge in [-0.15, -0.1) is 12.4 Å². The molecule has 3 nitrogen and oxygen atoms in total. The van der Waals surface area contributed by atoms with Gasteiger partial charge in [-0.2, -0.15) is 0 Å². The molecule has 0 saturated heterocycles. The van der Waals surface area contributed by atoms with Gasteiger partial charge in [0.2, 0.25) is 0 Å². The van der Waals surface area contributed by atoms with Gasteiger partial charge in [-0.05, 0) is 41.7 Å². The molecule has 2 aromatic rings. The highest BCUT2D eigenvalue weighted by Gasteiger charge is 2.12. The first-order valence-corrected chi connectivity index (χ1v) is 6.69. The average molecular weight is 320 g/mol. The van der Waals surface area contributed by atoms with Gasteiger partial charge in [0, 0.05) is 6.08 Å². The lowest BCUT2D eigenvalue weighted by atomic mass is 9.94. The fourth-order valence-corrected chi connectivity index (χ4v) is 2.35. The van der Waals surface area contributed by atoms with E-state index >= 15 is 0 Å². The molecule has 0 amide bonds. The first-order chi connectivity index (χ1) is 9.67. The minimum atomic E-state index is -0.424. The molecular weight excluding hydrogens is 298 g/mol. The summed E-state index contributed by atoms with van der Waals surface area (Å²) < 4.78 is 5.30. The molecule has 0 unspecified atom stereocenters. The van der Waals surface area contributed by atoms with Crippen LogP contribution in [-0.4, -0.2) is 5.97 Å². The highest BCUT2D eigenvalue weighted by Crippen LogP contribution is 2.32. The van der Waals surface area contributed by atoms with Crippen molar-refractivity contribution in [1.29, 1.82) is 0 Å². The Morgan fingerprint density at radius 3 is 2.36 bits per heavy atom. The maximum atomic E-state index is 11.4. The van der Waals surface area contributed by atoms with Crippen LogP contribution in [0, 0.1) is 6.92 Å². The van der Waals surface area contributed by atoms with Crippen molar-refractivity contribution < 1.29 is 9.53 Å². The summed E-state index contributed by atoms with van der Waals surface area (Å²) in [6, 6.07) is 14.1. The van der Waals surface area contributed by atoms with Crippen LogP contribution in [0.1, 0.15) is 18.1 Å². The maximum Gasteiger partial charge on any atom is 0.335 e. The first-order valence-electron chi connectivity index (χ1n) is 6.69. The van der Waals surface area contributed by atoms with Crippen LogP contribution >= 0.6 is 12.4 Å². The van der Waals surface area contributed by atoms with E-state index in [0.29, 0.717) is 5.75 Å². The average Bonchev–Trinajstić information content (AvgIpc) is 2.48. The quantitative estimate of drug-likeness (QED) is 0.495. The molecule has 0 spiro atoms. The monoisotopic (exact) mass is 319 g/mol. The van der Waals surface area contributed by atoms with Crippen molar-refractivity contribution in [3.63, 3.8) is 0 Å². The van der Waals surface area contributed by atoms with Crippen LogP contribution in [0.5, 0.6) is 5.75 Å². The molecule has 0 aromatic heterocycles. The molecular formula is C18H22ClNO2. The Morgan fingerprint density at radius 1 is 1.18 bits per heavy atom. The maximum absolute atomic E-state index is 11.4. The fraction of sp³-hybridized carbons (Fsp3) is 0.167. The number of ether oxygens (including phenoxy) is 1. The topological polar surface area (TPSA) is 61.3 Å². The van der Waals surface area contributed by atoms with Gasteiger partial charge in [0.1, 0.15) is 5.75 Å². The predicted molar refractivity (Wildman–Crippen MR) is 94.1 cm³/mol. The molecule has 0 radical (unpaired) electrons. The van der Waals surface area contributed by atoms with E-state index in [-0.39, 0.29) is 18.6 Å². The van der Waals surface area contributed by atoms with Crippen molar-refractivity contribution in [2.75, 3.05) is 0 Å². The first kappa shape index (κ1) is 19.9. The summed E-state index contributed by atoms with van der Waals surface area (Å²) in [5, 5.41) is 0. The van der Waals surface area contributed by atoms with Gasteiger partial charge in [0.25, 0.3) is 0 Å². The zero-order valence-electron chi connectivity index (χ0n) is 13.0. The number of halogens is 1. The molecule has 0 saturated carbocycles. The van der Waals surface area contributed by atoms with Crippen LogP contribution in [0.3, 0.4) is 0 Å². The summed E-state index contributed by atoms with van der Waals surface area (Å²) in [5.74, 6) is 0.196. The summed E-state index contributed by atoms with van der Waals surface area (Å²) in [5.41, 5.74) is 4.54. The summed E-state index contributed by atoms with van der Waals surface area (Å²) in [7, 11) is 0. The Labute approximate surface area is 138 Å². The van der Waals surface area contributed by atoms with Crippen LogP contribution in [-0.2, 0) is 11.2 Å². The Morgan fingerprint density at radius 2 is 1.82 bits per heavy atom. The van der Waals surface area contributed by atoms with Crippen LogP contribution in [0.25, 0.3) is 11.1 Å². The third-order valence-corrected chi connectivity index (χ3v) is 3.37. The van der Waals surface area contributed by atoms with E-state index in [1.165, 1.54) is 17.2 Å². The Hall–Kier alpha value is -2.10. The van der Waals surface area contributed by atoms with Crippen LogP contribution in [0.15, 0.2) is 55.1 Å². The minimum Gasteiger partial charge on any atom is -0.423 e. The minimum absolute atomic E-state index is 0. The van der Waals surface area contributed by atoms with Crippen LogP contribution < -0.4 is 10.9 Å². The summed E-state index contributed by atoms with van der Waals surface area (Å²) >= 11 is 0. The Bertz CT molecular complexity index is 639. The van der Waals surface area contributed by atoms with E-state index in [9.17, 15) is 4.79 Å². The van der Waals surface area contributed by atoms with Crippen molar-refractivity contribution in [3.8, 4) is 16.9 Å². The van der Waals surface area contributed by atoms with E-state index in [1.54, 1.807) is 0 Å². The zero-order valence-corrected chi connectivity index (χ0v) is 13.8. The van der Waals surface area contributed by atoms with E-state index < -0.39 is 5.97 Å². The Kier molecular flexibility index (Phi) is 8.17. The zero-order chi connectivity index (χ0) is 14.5. The second kappa shape index (κ2) is 9.03. The van der Waals surface area contributed by atoms with E-state index in [1.807, 2.05) is 30.3 Å². The van der Waals surface area contributed by atoms with Gasteiger partial charge in [0.15, 0.2) is 0 Å². The smallest absolute Gasteiger partial charge is 0.335 e. The highest BCUT2D eigenvalue weighted by molar-refractivity contribution is 5.85. The molecule has 0 fully saturated rings. The fourth-order valence-electron chi connectivity index (χ4n) is 2.35. The molecule has 22 heavy (non-hydrogen) atoms. The summed E-state index contributed by atoms with van der Waals surface area (Å²) in [6.45, 7) is 7.55. The standard InChI is InChI=1S/C18H18O2.ClH.H3N/c1-4-15-13(3)16(14-9-7-6-8-10-14)11-12-17(15)20-18(19)5-2;;/h5-12H,2,4H2,1,3H3;1H;1H3. The molecule has 3 N–H and O–H groups in total. The molecule has 2 aromatic carbocycles. The Balaban J connectivity index is 0.00000220. The molecule has 0 atom stereocenters. The third-order valence-electron chi connectivity index (χ3n) is 3.37. The van der Waals surface area contributed by atoms with E-state index in [2.05, 4.69) is 32.6 Å². The second-order valence-electron chi connectivity index (χ2n) is 4.56. The molecule has 0 heterocycles. The summed E-state index contributed by atoms with van der Waals surface area (Å²) in [4.78, 5) is 11.4. The molecule has 0 aliphatic carbocycles. The number of carbonyl (C=O) groups excluding carboxylic acids is 1. The van der Waals surface area contributed by atoms with Crippen LogP contribution in [0.2, 0.25) is 0 Å². The van der Waals surface area contributed by atoms with Gasteiger partial charge in [0.05, 0.1) is 0 Å². The number of esters is 1. The lowest BCUT2D eigenvalue weighted by molar-refractivity contribution is -0.129. The molecule has 0 bridgehead atoms. The number of rotatable bonds is 4. The van der Waals surface area contributed by atoms with Crippen LogP contribution in [0.4, 0.5) is 0 Å². The molecule has 2 rings (SSSR count). The molecule has 4 heteroatoms. The molecule has 0 aliphatic rings. The van der Waals surface area contributed by atoms with Crippen molar-refractivity contribution >= 4 is 18.4 Å². The third kappa shape index (κ3) is 4.20. The largest absolute Gasteiger partial charge is 0.423 e. The van der Waals surface area contributed by atoms with Crippen molar-refractivity contribution in [3.05, 3.63) is 66.2 Å². The van der Waals surface area contributed by atoms with Gasteiger partial charge >= 0.3 is 5.97 Å². The lowest BCUT2D eigenvalue weighted by Gasteiger charge is -2.14. The lowest BCUT2D eigenvalue weighted by Crippen LogP contribution is -2.06. The van der Waals surface area contributed by atoms with E-state index in [0.717, 1.165) is 17.5 Å². The SMILES string of the molecule is C=CC(=O)Oc1ccc(-c2ccccc2)c(C)c1CC.Cl.N. The molecule has 0 aliphatic heterocycles. The van der Waals surface area contributed by atoms with Gasteiger partial charge in [-0.1, -0.05) is 49.9 Å². The van der Waals surface area contributed by atoms with Crippen molar-refractivity contribution in [2.24, 2.45) is 0 Å². The van der Waals surface area contributed by atoms with Crippen molar-refractivity contribution in [2.45, 2.75) is 20.3 Å². The highest BCUT2D eigenvalue weighted by atomic mass is 35.5. The number of benzene rings is 2. The van der Waals surface area contributed by atoms with Gasteiger partial charge < -0.3 is 10.9 Å². The van der Waals surface area contributed by atoms with Gasteiger partial charge in [-0.3, -0.25) is 0 Å².